The minimum absolute atomic E-state index is 0.286. The van der Waals surface area contributed by atoms with Gasteiger partial charge in [0.2, 0.25) is 0 Å². The molecular weight excluding hydrogens is 338 g/mol. The highest BCUT2D eigenvalue weighted by Gasteiger charge is 2.36. The third kappa shape index (κ3) is 2.44. The number of rotatable bonds is 3. The van der Waals surface area contributed by atoms with Crippen LogP contribution in [-0.4, -0.2) is 21.6 Å². The molecule has 1 aliphatic heterocycles. The predicted octanol–water partition coefficient (Wildman–Crippen LogP) is 3.89. The monoisotopic (exact) mass is 353 g/mol. The Morgan fingerprint density at radius 1 is 0.778 bits per heavy atom. The summed E-state index contributed by atoms with van der Waals surface area (Å²) in [5.41, 5.74) is 3.57. The molecule has 27 heavy (non-hydrogen) atoms. The molecule has 5 nitrogen and oxygen atoms in total. The van der Waals surface area contributed by atoms with Crippen molar-refractivity contribution in [2.24, 2.45) is 0 Å². The molecule has 0 aliphatic carbocycles. The van der Waals surface area contributed by atoms with Crippen molar-refractivity contribution in [3.8, 4) is 0 Å². The lowest BCUT2D eigenvalue weighted by Crippen LogP contribution is -2.29. The molecule has 0 radical (unpaired) electrons. The fraction of sp³-hybridized carbons (Fsp3) is 0.0455. The third-order valence-electron chi connectivity index (χ3n) is 4.85. The molecule has 2 amide bonds. The molecule has 5 heteroatoms. The number of benzene rings is 3. The number of fused-ring (bicyclic) bond motifs is 2. The van der Waals surface area contributed by atoms with Crippen LogP contribution in [0.1, 0.15) is 26.3 Å². The lowest BCUT2D eigenvalue weighted by atomic mass is 10.1. The van der Waals surface area contributed by atoms with Crippen molar-refractivity contribution in [3.63, 3.8) is 0 Å². The molecule has 1 aromatic heterocycles. The zero-order chi connectivity index (χ0) is 18.4. The summed E-state index contributed by atoms with van der Waals surface area (Å²) in [6.45, 7) is 0.663. The van der Waals surface area contributed by atoms with E-state index in [1.807, 2.05) is 35.0 Å². The quantitative estimate of drug-likeness (QED) is 0.525. The first kappa shape index (κ1) is 15.5. The van der Waals surface area contributed by atoms with Gasteiger partial charge in [0, 0.05) is 5.39 Å². The first-order valence-corrected chi connectivity index (χ1v) is 8.70. The first-order valence-electron chi connectivity index (χ1n) is 8.70. The van der Waals surface area contributed by atoms with Crippen LogP contribution in [0, 0.1) is 0 Å². The normalized spacial score (nSPS) is 13.4. The number of amides is 2. The molecule has 0 unspecified atom stereocenters. The molecule has 130 valence electrons. The molecule has 0 saturated heterocycles. The van der Waals surface area contributed by atoms with E-state index in [1.54, 1.807) is 36.5 Å². The maximum atomic E-state index is 12.7. The Morgan fingerprint density at radius 2 is 1.44 bits per heavy atom. The number of hydrogen-bond donors (Lipinski definition) is 0. The summed E-state index contributed by atoms with van der Waals surface area (Å²) in [4.78, 5) is 26.6. The second-order valence-electron chi connectivity index (χ2n) is 6.52. The maximum Gasteiger partial charge on any atom is 0.266 e. The van der Waals surface area contributed by atoms with Crippen LogP contribution in [0.25, 0.3) is 10.9 Å². The van der Waals surface area contributed by atoms with Gasteiger partial charge >= 0.3 is 0 Å². The van der Waals surface area contributed by atoms with Crippen molar-refractivity contribution in [1.29, 1.82) is 0 Å². The average molecular weight is 353 g/mol. The summed E-state index contributed by atoms with van der Waals surface area (Å²) >= 11 is 0. The maximum absolute atomic E-state index is 12.7. The minimum atomic E-state index is -0.286. The molecule has 0 saturated carbocycles. The fourth-order valence-electron chi connectivity index (χ4n) is 3.52. The number of carbonyl (C=O) groups excluding carboxylic acids is 2. The first-order chi connectivity index (χ1) is 13.2. The number of imide groups is 1. The van der Waals surface area contributed by atoms with Crippen molar-refractivity contribution in [3.05, 3.63) is 95.7 Å². The van der Waals surface area contributed by atoms with Gasteiger partial charge in [-0.15, -0.1) is 0 Å². The Balaban J connectivity index is 1.52. The average Bonchev–Trinajstić information content (AvgIpc) is 3.21. The van der Waals surface area contributed by atoms with Gasteiger partial charge in [-0.05, 0) is 35.9 Å². The van der Waals surface area contributed by atoms with E-state index >= 15 is 0 Å². The van der Waals surface area contributed by atoms with Gasteiger partial charge in [0.1, 0.15) is 0 Å². The highest BCUT2D eigenvalue weighted by atomic mass is 16.2. The Kier molecular flexibility index (Phi) is 3.40. The second-order valence-corrected chi connectivity index (χ2v) is 6.52. The summed E-state index contributed by atoms with van der Waals surface area (Å²) in [7, 11) is 0. The highest BCUT2D eigenvalue weighted by Crippen LogP contribution is 2.30. The van der Waals surface area contributed by atoms with Crippen LogP contribution in [-0.2, 0) is 6.54 Å². The van der Waals surface area contributed by atoms with Gasteiger partial charge in [-0.2, -0.15) is 5.10 Å². The molecule has 4 aromatic rings. The number of hydrogen-bond acceptors (Lipinski definition) is 3. The molecule has 0 bridgehead atoms. The molecular formula is C22H15N3O2. The zero-order valence-electron chi connectivity index (χ0n) is 14.4. The van der Waals surface area contributed by atoms with E-state index in [9.17, 15) is 9.59 Å². The third-order valence-corrected chi connectivity index (χ3v) is 4.85. The van der Waals surface area contributed by atoms with Crippen LogP contribution in [0.15, 0.2) is 79.0 Å². The summed E-state index contributed by atoms with van der Waals surface area (Å²) in [5.74, 6) is -0.571. The predicted molar refractivity (Wildman–Crippen MR) is 103 cm³/mol. The molecule has 0 spiro atoms. The van der Waals surface area contributed by atoms with Crippen molar-refractivity contribution in [1.82, 2.24) is 9.78 Å². The largest absolute Gasteiger partial charge is 0.268 e. The minimum Gasteiger partial charge on any atom is -0.268 e. The van der Waals surface area contributed by atoms with E-state index in [2.05, 4.69) is 17.2 Å². The Morgan fingerprint density at radius 3 is 2.15 bits per heavy atom. The van der Waals surface area contributed by atoms with Crippen LogP contribution in [0.5, 0.6) is 0 Å². The molecule has 0 N–H and O–H groups in total. The Hall–Kier alpha value is -3.73. The summed E-state index contributed by atoms with van der Waals surface area (Å²) in [6, 6.07) is 22.6. The van der Waals surface area contributed by atoms with Gasteiger partial charge in [-0.1, -0.05) is 42.5 Å². The van der Waals surface area contributed by atoms with Crippen molar-refractivity contribution < 1.29 is 9.59 Å². The lowest BCUT2D eigenvalue weighted by molar-refractivity contribution is 0.0926. The smallest absolute Gasteiger partial charge is 0.266 e. The molecule has 5 rings (SSSR count). The van der Waals surface area contributed by atoms with E-state index in [0.717, 1.165) is 16.5 Å². The van der Waals surface area contributed by atoms with Gasteiger partial charge in [0.15, 0.2) is 0 Å². The molecule has 1 aliphatic rings. The molecule has 0 atom stereocenters. The highest BCUT2D eigenvalue weighted by molar-refractivity contribution is 6.34. The van der Waals surface area contributed by atoms with Gasteiger partial charge in [0.05, 0.1) is 35.1 Å². The van der Waals surface area contributed by atoms with Gasteiger partial charge in [-0.3, -0.25) is 14.3 Å². The number of nitrogens with zero attached hydrogens (tertiary/aromatic N) is 3. The van der Waals surface area contributed by atoms with Crippen LogP contribution in [0.2, 0.25) is 0 Å². The molecule has 2 heterocycles. The van der Waals surface area contributed by atoms with E-state index in [4.69, 9.17) is 0 Å². The van der Waals surface area contributed by atoms with Gasteiger partial charge in [-0.25, -0.2) is 4.90 Å². The zero-order valence-corrected chi connectivity index (χ0v) is 14.4. The van der Waals surface area contributed by atoms with Crippen molar-refractivity contribution in [2.75, 3.05) is 4.90 Å². The van der Waals surface area contributed by atoms with Crippen LogP contribution < -0.4 is 4.90 Å². The summed E-state index contributed by atoms with van der Waals surface area (Å²) < 4.78 is 1.91. The number of anilines is 1. The Bertz CT molecular complexity index is 1160. The number of aromatic nitrogens is 2. The standard InChI is InChI=1S/C22H15N3O2/c26-21-18-8-4-5-9-19(18)22(27)25(21)17-10-11-20-16(12-17)13-23-24(20)14-15-6-2-1-3-7-15/h1-13H,14H2. The van der Waals surface area contributed by atoms with Gasteiger partial charge < -0.3 is 0 Å². The SMILES string of the molecule is O=C1c2ccccc2C(=O)N1c1ccc2c(cnn2Cc2ccccc2)c1. The molecule has 3 aromatic carbocycles. The van der Waals surface area contributed by atoms with E-state index < -0.39 is 0 Å². The lowest BCUT2D eigenvalue weighted by Gasteiger charge is -2.14. The van der Waals surface area contributed by atoms with Crippen LogP contribution in [0.3, 0.4) is 0 Å². The van der Waals surface area contributed by atoms with E-state index in [-0.39, 0.29) is 11.8 Å². The summed E-state index contributed by atoms with van der Waals surface area (Å²) in [5, 5.41) is 5.35. The van der Waals surface area contributed by atoms with Crippen molar-refractivity contribution >= 4 is 28.4 Å². The van der Waals surface area contributed by atoms with Gasteiger partial charge in [0.25, 0.3) is 11.8 Å². The van der Waals surface area contributed by atoms with E-state index in [0.29, 0.717) is 23.4 Å². The fourth-order valence-corrected chi connectivity index (χ4v) is 3.52. The topological polar surface area (TPSA) is 55.2 Å². The van der Waals surface area contributed by atoms with Crippen LogP contribution in [0.4, 0.5) is 5.69 Å². The summed E-state index contributed by atoms with van der Waals surface area (Å²) in [6.07, 6.45) is 1.76. The Labute approximate surface area is 155 Å². The number of carbonyl (C=O) groups is 2. The second kappa shape index (κ2) is 5.92. The molecule has 0 fully saturated rings. The van der Waals surface area contributed by atoms with E-state index in [1.165, 1.54) is 4.90 Å². The van der Waals surface area contributed by atoms with Crippen LogP contribution >= 0.6 is 0 Å². The van der Waals surface area contributed by atoms with Crippen molar-refractivity contribution in [2.45, 2.75) is 6.54 Å².